The van der Waals surface area contributed by atoms with Gasteiger partial charge in [-0.2, -0.15) is 8.42 Å². The Bertz CT molecular complexity index is 798. The van der Waals surface area contributed by atoms with Gasteiger partial charge in [-0.15, -0.1) is 0 Å². The van der Waals surface area contributed by atoms with Crippen molar-refractivity contribution in [3.63, 3.8) is 0 Å². The number of hydrogen-bond donors (Lipinski definition) is 1. The third-order valence-corrected chi connectivity index (χ3v) is 4.95. The number of para-hydroxylation sites is 1. The molecular formula is C17H19NO4S. The lowest BCUT2D eigenvalue weighted by Gasteiger charge is -2.12. The Morgan fingerprint density at radius 1 is 1.13 bits per heavy atom. The van der Waals surface area contributed by atoms with E-state index in [-0.39, 0.29) is 16.2 Å². The minimum absolute atomic E-state index is 0.0206. The zero-order chi connectivity index (χ0) is 17.0. The molecule has 0 saturated carbocycles. The molecule has 122 valence electrons. The van der Waals surface area contributed by atoms with Crippen LogP contribution in [0.15, 0.2) is 53.4 Å². The highest BCUT2D eigenvalue weighted by molar-refractivity contribution is 7.87. The van der Waals surface area contributed by atoms with E-state index >= 15 is 0 Å². The highest BCUT2D eigenvalue weighted by Gasteiger charge is 2.20. The molecule has 1 atom stereocenters. The fraction of sp³-hybridized carbons (Fsp3) is 0.235. The van der Waals surface area contributed by atoms with E-state index in [1.807, 2.05) is 0 Å². The molecule has 0 aliphatic carbocycles. The Labute approximate surface area is 136 Å². The highest BCUT2D eigenvalue weighted by Crippen LogP contribution is 2.24. The van der Waals surface area contributed by atoms with Gasteiger partial charge in [-0.3, -0.25) is 4.79 Å². The second kappa shape index (κ2) is 6.83. The number of benzene rings is 2. The zero-order valence-corrected chi connectivity index (χ0v) is 13.8. The molecule has 1 unspecified atom stereocenters. The fourth-order valence-electron chi connectivity index (χ4n) is 2.11. The van der Waals surface area contributed by atoms with Crippen LogP contribution in [0.5, 0.6) is 5.75 Å². The van der Waals surface area contributed by atoms with Crippen LogP contribution in [0.25, 0.3) is 0 Å². The van der Waals surface area contributed by atoms with Gasteiger partial charge in [-0.25, -0.2) is 0 Å². The number of primary amides is 1. The molecule has 2 aromatic carbocycles. The lowest BCUT2D eigenvalue weighted by molar-refractivity contribution is 0.0999. The number of carbonyl (C=O) groups excluding carboxylic acids is 1. The van der Waals surface area contributed by atoms with Crippen molar-refractivity contribution in [2.45, 2.75) is 31.1 Å². The predicted molar refractivity (Wildman–Crippen MR) is 87.9 cm³/mol. The number of nitrogens with two attached hydrogens (primary N) is 1. The summed E-state index contributed by atoms with van der Waals surface area (Å²) in [4.78, 5) is 11.4. The average Bonchev–Trinajstić information content (AvgIpc) is 2.54. The molecule has 23 heavy (non-hydrogen) atoms. The van der Waals surface area contributed by atoms with E-state index in [2.05, 4.69) is 13.8 Å². The molecule has 6 heteroatoms. The van der Waals surface area contributed by atoms with Crippen molar-refractivity contribution in [3.8, 4) is 5.75 Å². The summed E-state index contributed by atoms with van der Waals surface area (Å²) in [5.74, 6) is -0.475. The standard InChI is InChI=1S/C17H19NO4S/c1-3-12(2)13-8-10-14(11-9-13)23(20,21)22-16-7-5-4-6-15(16)17(18)19/h4-12H,3H2,1-2H3,(H2,18,19). The topological polar surface area (TPSA) is 86.5 Å². The van der Waals surface area contributed by atoms with Gasteiger partial charge >= 0.3 is 10.1 Å². The first kappa shape index (κ1) is 17.0. The van der Waals surface area contributed by atoms with E-state index in [9.17, 15) is 13.2 Å². The van der Waals surface area contributed by atoms with Gasteiger partial charge in [0.05, 0.1) is 5.56 Å². The van der Waals surface area contributed by atoms with Crippen LogP contribution in [-0.4, -0.2) is 14.3 Å². The molecule has 0 spiro atoms. The van der Waals surface area contributed by atoms with Crippen LogP contribution in [-0.2, 0) is 10.1 Å². The lowest BCUT2D eigenvalue weighted by atomic mass is 9.99. The quantitative estimate of drug-likeness (QED) is 0.823. The van der Waals surface area contributed by atoms with Crippen LogP contribution in [0.1, 0.15) is 42.1 Å². The van der Waals surface area contributed by atoms with Crippen LogP contribution < -0.4 is 9.92 Å². The minimum atomic E-state index is -4.03. The summed E-state index contributed by atoms with van der Waals surface area (Å²) in [5.41, 5.74) is 6.31. The van der Waals surface area contributed by atoms with Gasteiger partial charge < -0.3 is 9.92 Å². The lowest BCUT2D eigenvalue weighted by Crippen LogP contribution is -2.16. The molecule has 5 nitrogen and oxygen atoms in total. The summed E-state index contributed by atoms with van der Waals surface area (Å²) in [5, 5.41) is 0. The van der Waals surface area contributed by atoms with Crippen LogP contribution in [0.2, 0.25) is 0 Å². The first-order chi connectivity index (χ1) is 10.8. The maximum absolute atomic E-state index is 12.4. The highest BCUT2D eigenvalue weighted by atomic mass is 32.2. The summed E-state index contributed by atoms with van der Waals surface area (Å²) in [6.07, 6.45) is 0.967. The van der Waals surface area contributed by atoms with Crippen LogP contribution >= 0.6 is 0 Å². The molecule has 2 rings (SSSR count). The molecule has 0 heterocycles. The third-order valence-electron chi connectivity index (χ3n) is 3.70. The third kappa shape index (κ3) is 3.90. The monoisotopic (exact) mass is 333 g/mol. The Morgan fingerprint density at radius 3 is 2.30 bits per heavy atom. The summed E-state index contributed by atoms with van der Waals surface area (Å²) in [7, 11) is -4.03. The van der Waals surface area contributed by atoms with Crippen molar-refractivity contribution in [1.29, 1.82) is 0 Å². The summed E-state index contributed by atoms with van der Waals surface area (Å²) < 4.78 is 29.8. The number of hydrogen-bond acceptors (Lipinski definition) is 4. The Hall–Kier alpha value is -2.34. The number of carbonyl (C=O) groups is 1. The van der Waals surface area contributed by atoms with E-state index in [1.165, 1.54) is 24.3 Å². The van der Waals surface area contributed by atoms with Gasteiger partial charge in [0, 0.05) is 0 Å². The molecule has 2 aromatic rings. The van der Waals surface area contributed by atoms with E-state index in [0.717, 1.165) is 12.0 Å². The van der Waals surface area contributed by atoms with E-state index in [1.54, 1.807) is 24.3 Å². The van der Waals surface area contributed by atoms with E-state index < -0.39 is 16.0 Å². The Balaban J connectivity index is 2.31. The van der Waals surface area contributed by atoms with Crippen molar-refractivity contribution in [2.24, 2.45) is 5.73 Å². The molecule has 0 aliphatic heterocycles. The Morgan fingerprint density at radius 2 is 1.74 bits per heavy atom. The van der Waals surface area contributed by atoms with Gasteiger partial charge in [0.2, 0.25) is 0 Å². The van der Waals surface area contributed by atoms with Crippen LogP contribution in [0.4, 0.5) is 0 Å². The van der Waals surface area contributed by atoms with Crippen LogP contribution in [0.3, 0.4) is 0 Å². The van der Waals surface area contributed by atoms with Gasteiger partial charge in [0.25, 0.3) is 5.91 Å². The fourth-order valence-corrected chi connectivity index (χ4v) is 3.06. The predicted octanol–water partition coefficient (Wildman–Crippen LogP) is 3.07. The van der Waals surface area contributed by atoms with Crippen molar-refractivity contribution in [1.82, 2.24) is 0 Å². The van der Waals surface area contributed by atoms with Gasteiger partial charge in [0.15, 0.2) is 5.75 Å². The second-order valence-electron chi connectivity index (χ2n) is 5.28. The molecule has 2 N–H and O–H groups in total. The number of amides is 1. The minimum Gasteiger partial charge on any atom is -0.378 e. The van der Waals surface area contributed by atoms with Crippen molar-refractivity contribution < 1.29 is 17.4 Å². The molecule has 0 fully saturated rings. The van der Waals surface area contributed by atoms with Crippen molar-refractivity contribution in [2.75, 3.05) is 0 Å². The molecule has 0 radical (unpaired) electrons. The molecule has 0 aromatic heterocycles. The first-order valence-corrected chi connectivity index (χ1v) is 8.69. The van der Waals surface area contributed by atoms with E-state index in [0.29, 0.717) is 5.92 Å². The van der Waals surface area contributed by atoms with Gasteiger partial charge in [-0.1, -0.05) is 38.1 Å². The molecular weight excluding hydrogens is 314 g/mol. The number of rotatable bonds is 6. The Kier molecular flexibility index (Phi) is 5.05. The summed E-state index contributed by atoms with van der Waals surface area (Å²) in [6, 6.07) is 12.5. The zero-order valence-electron chi connectivity index (χ0n) is 13.0. The van der Waals surface area contributed by atoms with Crippen molar-refractivity contribution >= 4 is 16.0 Å². The van der Waals surface area contributed by atoms with E-state index in [4.69, 9.17) is 9.92 Å². The van der Waals surface area contributed by atoms with Gasteiger partial charge in [-0.05, 0) is 42.2 Å². The first-order valence-electron chi connectivity index (χ1n) is 7.28. The molecule has 0 aliphatic rings. The van der Waals surface area contributed by atoms with Gasteiger partial charge in [0.1, 0.15) is 4.90 Å². The smallest absolute Gasteiger partial charge is 0.339 e. The molecule has 0 bridgehead atoms. The maximum atomic E-state index is 12.4. The average molecular weight is 333 g/mol. The van der Waals surface area contributed by atoms with Crippen LogP contribution in [0, 0.1) is 0 Å². The maximum Gasteiger partial charge on any atom is 0.339 e. The molecule has 1 amide bonds. The summed E-state index contributed by atoms with van der Waals surface area (Å²) in [6.45, 7) is 4.14. The second-order valence-corrected chi connectivity index (χ2v) is 6.82. The summed E-state index contributed by atoms with van der Waals surface area (Å²) >= 11 is 0. The molecule has 0 saturated heterocycles. The SMILES string of the molecule is CCC(C)c1ccc(S(=O)(=O)Oc2ccccc2C(N)=O)cc1. The normalized spacial score (nSPS) is 12.6. The largest absolute Gasteiger partial charge is 0.378 e. The van der Waals surface area contributed by atoms with Crippen molar-refractivity contribution in [3.05, 3.63) is 59.7 Å².